The number of amides is 1. The average Bonchev–Trinajstić information content (AvgIpc) is 2.47. The third-order valence-electron chi connectivity index (χ3n) is 4.14. The molecule has 2 saturated heterocycles. The quantitative estimate of drug-likeness (QED) is 0.655. The molecule has 0 saturated carbocycles. The van der Waals surface area contributed by atoms with Crippen LogP contribution in [-0.4, -0.2) is 96.6 Å². The van der Waals surface area contributed by atoms with Gasteiger partial charge in [0.2, 0.25) is 5.91 Å². The summed E-state index contributed by atoms with van der Waals surface area (Å²) >= 11 is 0. The molecule has 0 aromatic heterocycles. The van der Waals surface area contributed by atoms with Crippen molar-refractivity contribution in [1.82, 2.24) is 20.0 Å². The molecule has 0 aliphatic carbocycles. The average molecular weight is 284 g/mol. The van der Waals surface area contributed by atoms with Gasteiger partial charge in [0, 0.05) is 52.4 Å². The molecule has 114 valence electrons. The minimum absolute atomic E-state index is 0.162. The van der Waals surface area contributed by atoms with E-state index in [4.69, 9.17) is 5.11 Å². The van der Waals surface area contributed by atoms with Crippen LogP contribution >= 0.6 is 0 Å². The van der Waals surface area contributed by atoms with E-state index in [9.17, 15) is 9.59 Å². The Morgan fingerprint density at radius 1 is 1.10 bits per heavy atom. The topological polar surface area (TPSA) is 76.1 Å². The van der Waals surface area contributed by atoms with E-state index in [1.165, 1.54) is 0 Å². The Morgan fingerprint density at radius 3 is 2.25 bits per heavy atom. The van der Waals surface area contributed by atoms with Crippen LogP contribution in [0.4, 0.5) is 0 Å². The number of nitrogens with one attached hydrogen (secondary N) is 1. The Morgan fingerprint density at radius 2 is 1.70 bits per heavy atom. The summed E-state index contributed by atoms with van der Waals surface area (Å²) in [6, 6.07) is -0.472. The first-order chi connectivity index (χ1) is 9.58. The Hall–Kier alpha value is -1.18. The molecule has 1 amide bonds. The van der Waals surface area contributed by atoms with Gasteiger partial charge >= 0.3 is 5.97 Å². The fraction of sp³-hybridized carbons (Fsp3) is 0.846. The molecule has 7 nitrogen and oxygen atoms in total. The molecule has 7 heteroatoms. The summed E-state index contributed by atoms with van der Waals surface area (Å²) in [4.78, 5) is 29.1. The van der Waals surface area contributed by atoms with Crippen molar-refractivity contribution in [2.75, 3.05) is 58.9 Å². The number of carboxylic acid groups (broad SMARTS) is 1. The summed E-state index contributed by atoms with van der Waals surface area (Å²) < 4.78 is 0. The number of nitrogens with zero attached hydrogens (tertiary/aromatic N) is 3. The lowest BCUT2D eigenvalue weighted by molar-refractivity contribution is -0.144. The molecular formula is C13H24N4O3. The molecule has 0 aromatic rings. The van der Waals surface area contributed by atoms with Crippen LogP contribution in [0, 0.1) is 0 Å². The van der Waals surface area contributed by atoms with E-state index in [0.29, 0.717) is 32.7 Å². The lowest BCUT2D eigenvalue weighted by Crippen LogP contribution is -2.55. The fourth-order valence-corrected chi connectivity index (χ4v) is 2.68. The Balaban J connectivity index is 1.75. The summed E-state index contributed by atoms with van der Waals surface area (Å²) in [6.07, 6.45) is 0. The largest absolute Gasteiger partial charge is 0.480 e. The predicted molar refractivity (Wildman–Crippen MR) is 74.6 cm³/mol. The van der Waals surface area contributed by atoms with E-state index >= 15 is 0 Å². The molecule has 2 N–H and O–H groups in total. The van der Waals surface area contributed by atoms with Gasteiger partial charge in [-0.3, -0.25) is 19.4 Å². The van der Waals surface area contributed by atoms with Crippen molar-refractivity contribution in [2.24, 2.45) is 0 Å². The van der Waals surface area contributed by atoms with Crippen LogP contribution in [0.2, 0.25) is 0 Å². The molecule has 2 aliphatic rings. The fourth-order valence-electron chi connectivity index (χ4n) is 2.68. The molecule has 0 radical (unpaired) electrons. The number of carbonyl (C=O) groups excluding carboxylic acids is 1. The zero-order chi connectivity index (χ0) is 14.5. The van der Waals surface area contributed by atoms with Gasteiger partial charge < -0.3 is 15.3 Å². The van der Waals surface area contributed by atoms with Crippen LogP contribution in [0.1, 0.15) is 6.92 Å². The molecule has 1 unspecified atom stereocenters. The number of carboxylic acids is 1. The van der Waals surface area contributed by atoms with Crippen molar-refractivity contribution in [3.63, 3.8) is 0 Å². The number of aliphatic carboxylic acids is 1. The minimum atomic E-state index is -0.800. The summed E-state index contributed by atoms with van der Waals surface area (Å²) in [6.45, 7) is 8.43. The lowest BCUT2D eigenvalue weighted by Gasteiger charge is -2.37. The molecule has 2 fully saturated rings. The van der Waals surface area contributed by atoms with Crippen LogP contribution in [0.3, 0.4) is 0 Å². The van der Waals surface area contributed by atoms with Gasteiger partial charge in [0.05, 0.1) is 6.54 Å². The van der Waals surface area contributed by atoms with Crippen LogP contribution in [0.15, 0.2) is 0 Å². The standard InChI is InChI=1S/C13H24N4O3/c1-11(13(19)20)16-6-8-17(9-7-16)12(18)10-15-4-2-14-3-5-15/h11,14H,2-10H2,1H3,(H,19,20). The Labute approximate surface area is 119 Å². The second kappa shape index (κ2) is 7.01. The SMILES string of the molecule is CC(C(=O)O)N1CCN(C(=O)CN2CCNCC2)CC1. The predicted octanol–water partition coefficient (Wildman–Crippen LogP) is -1.49. The second-order valence-electron chi connectivity index (χ2n) is 5.46. The molecule has 2 heterocycles. The van der Waals surface area contributed by atoms with Gasteiger partial charge in [0.1, 0.15) is 6.04 Å². The van der Waals surface area contributed by atoms with E-state index in [-0.39, 0.29) is 5.91 Å². The van der Waals surface area contributed by atoms with Gasteiger partial charge in [0.15, 0.2) is 0 Å². The van der Waals surface area contributed by atoms with E-state index in [2.05, 4.69) is 10.2 Å². The molecule has 2 rings (SSSR count). The summed E-state index contributed by atoms with van der Waals surface area (Å²) in [7, 11) is 0. The Bertz CT molecular complexity index is 350. The van der Waals surface area contributed by atoms with E-state index in [0.717, 1.165) is 26.2 Å². The van der Waals surface area contributed by atoms with Crippen molar-refractivity contribution in [3.8, 4) is 0 Å². The van der Waals surface area contributed by atoms with Gasteiger partial charge in [0.25, 0.3) is 0 Å². The minimum Gasteiger partial charge on any atom is -0.480 e. The van der Waals surface area contributed by atoms with Crippen LogP contribution < -0.4 is 5.32 Å². The molecule has 0 bridgehead atoms. The first kappa shape index (κ1) is 15.2. The van der Waals surface area contributed by atoms with Gasteiger partial charge in [-0.15, -0.1) is 0 Å². The van der Waals surface area contributed by atoms with E-state index < -0.39 is 12.0 Å². The third kappa shape index (κ3) is 3.91. The molecule has 0 spiro atoms. The van der Waals surface area contributed by atoms with Crippen molar-refractivity contribution in [2.45, 2.75) is 13.0 Å². The maximum atomic E-state index is 12.2. The molecule has 2 aliphatic heterocycles. The zero-order valence-corrected chi connectivity index (χ0v) is 12.0. The first-order valence-corrected chi connectivity index (χ1v) is 7.25. The maximum absolute atomic E-state index is 12.2. The Kier molecular flexibility index (Phi) is 5.33. The highest BCUT2D eigenvalue weighted by atomic mass is 16.4. The summed E-state index contributed by atoms with van der Waals surface area (Å²) in [5.41, 5.74) is 0. The lowest BCUT2D eigenvalue weighted by atomic mass is 10.2. The summed E-state index contributed by atoms with van der Waals surface area (Å²) in [5.74, 6) is -0.639. The smallest absolute Gasteiger partial charge is 0.320 e. The zero-order valence-electron chi connectivity index (χ0n) is 12.0. The molecule has 1 atom stereocenters. The van der Waals surface area contributed by atoms with Crippen LogP contribution in [-0.2, 0) is 9.59 Å². The van der Waals surface area contributed by atoms with Crippen molar-refractivity contribution < 1.29 is 14.7 Å². The normalized spacial score (nSPS) is 23.6. The third-order valence-corrected chi connectivity index (χ3v) is 4.14. The summed E-state index contributed by atoms with van der Waals surface area (Å²) in [5, 5.41) is 12.3. The van der Waals surface area contributed by atoms with Gasteiger partial charge in [-0.2, -0.15) is 0 Å². The number of carbonyl (C=O) groups is 2. The highest BCUT2D eigenvalue weighted by Crippen LogP contribution is 2.07. The monoisotopic (exact) mass is 284 g/mol. The number of hydrogen-bond donors (Lipinski definition) is 2. The molecule has 20 heavy (non-hydrogen) atoms. The van der Waals surface area contributed by atoms with Gasteiger partial charge in [-0.05, 0) is 6.92 Å². The second-order valence-corrected chi connectivity index (χ2v) is 5.46. The molecular weight excluding hydrogens is 260 g/mol. The van der Waals surface area contributed by atoms with Gasteiger partial charge in [-0.1, -0.05) is 0 Å². The van der Waals surface area contributed by atoms with Crippen molar-refractivity contribution >= 4 is 11.9 Å². The molecule has 0 aromatic carbocycles. The van der Waals surface area contributed by atoms with Crippen molar-refractivity contribution in [3.05, 3.63) is 0 Å². The maximum Gasteiger partial charge on any atom is 0.320 e. The van der Waals surface area contributed by atoms with Gasteiger partial charge in [-0.25, -0.2) is 0 Å². The first-order valence-electron chi connectivity index (χ1n) is 7.25. The number of rotatable bonds is 4. The highest BCUT2D eigenvalue weighted by molar-refractivity contribution is 5.78. The van der Waals surface area contributed by atoms with Crippen LogP contribution in [0.5, 0.6) is 0 Å². The van der Waals surface area contributed by atoms with Crippen molar-refractivity contribution in [1.29, 1.82) is 0 Å². The highest BCUT2D eigenvalue weighted by Gasteiger charge is 2.27. The van der Waals surface area contributed by atoms with E-state index in [1.807, 2.05) is 9.80 Å². The van der Waals surface area contributed by atoms with E-state index in [1.54, 1.807) is 6.92 Å². The van der Waals surface area contributed by atoms with Crippen LogP contribution in [0.25, 0.3) is 0 Å². The number of hydrogen-bond acceptors (Lipinski definition) is 5. The number of piperazine rings is 2.